The number of alkyl halides is 3. The van der Waals surface area contributed by atoms with E-state index in [-0.39, 0.29) is 30.5 Å². The highest BCUT2D eigenvalue weighted by molar-refractivity contribution is 14.0. The second-order valence-corrected chi connectivity index (χ2v) is 5.35. The van der Waals surface area contributed by atoms with Crippen molar-refractivity contribution in [1.29, 1.82) is 0 Å². The van der Waals surface area contributed by atoms with Gasteiger partial charge in [0.15, 0.2) is 5.96 Å². The Morgan fingerprint density at radius 2 is 1.68 bits per heavy atom. The van der Waals surface area contributed by atoms with Gasteiger partial charge in [0.25, 0.3) is 0 Å². The van der Waals surface area contributed by atoms with Crippen molar-refractivity contribution < 1.29 is 13.2 Å². The maximum atomic E-state index is 12.1. The number of hydrogen-bond donors (Lipinski definition) is 2. The highest BCUT2D eigenvalue weighted by Gasteiger charge is 2.26. The molecule has 0 saturated carbocycles. The Kier molecular flexibility index (Phi) is 13.3. The first-order valence-electron chi connectivity index (χ1n) is 7.42. The van der Waals surface area contributed by atoms with E-state index in [9.17, 15) is 13.2 Å². The predicted molar refractivity (Wildman–Crippen MR) is 97.0 cm³/mol. The average Bonchev–Trinajstić information content (AvgIpc) is 2.39. The molecule has 22 heavy (non-hydrogen) atoms. The lowest BCUT2D eigenvalue weighted by Crippen LogP contribution is -2.48. The van der Waals surface area contributed by atoms with Gasteiger partial charge in [-0.3, -0.25) is 4.99 Å². The van der Waals surface area contributed by atoms with Gasteiger partial charge in [0.05, 0.1) is 6.42 Å². The number of likely N-dealkylation sites (N-methyl/N-ethyl adjacent to an activating group) is 1. The summed E-state index contributed by atoms with van der Waals surface area (Å²) in [4.78, 5) is 6.10. The van der Waals surface area contributed by atoms with Crippen molar-refractivity contribution in [2.24, 2.45) is 10.9 Å². The fourth-order valence-corrected chi connectivity index (χ4v) is 2.35. The second-order valence-electron chi connectivity index (χ2n) is 5.35. The number of rotatable bonds is 8. The largest absolute Gasteiger partial charge is 0.390 e. The number of guanidine groups is 1. The summed E-state index contributed by atoms with van der Waals surface area (Å²) in [6.45, 7) is 4.80. The molecule has 134 valence electrons. The van der Waals surface area contributed by atoms with E-state index in [1.54, 1.807) is 7.05 Å². The topological polar surface area (TPSA) is 39.7 Å². The number of hydrogen-bond acceptors (Lipinski definition) is 2. The molecule has 0 aliphatic heterocycles. The van der Waals surface area contributed by atoms with Crippen molar-refractivity contribution in [3.8, 4) is 0 Å². The van der Waals surface area contributed by atoms with Crippen molar-refractivity contribution in [3.05, 3.63) is 0 Å². The SMILES string of the molecule is CCC(CC)C(CNC(=NC)NCCC(F)(F)F)N(C)C.I. The smallest absolute Gasteiger partial charge is 0.356 e. The van der Waals surface area contributed by atoms with E-state index in [0.717, 1.165) is 12.8 Å². The Morgan fingerprint density at radius 1 is 1.14 bits per heavy atom. The molecule has 0 aromatic rings. The van der Waals surface area contributed by atoms with E-state index >= 15 is 0 Å². The van der Waals surface area contributed by atoms with Crippen LogP contribution in [-0.4, -0.2) is 57.3 Å². The van der Waals surface area contributed by atoms with E-state index in [0.29, 0.717) is 24.5 Å². The zero-order valence-electron chi connectivity index (χ0n) is 14.1. The van der Waals surface area contributed by atoms with Crippen molar-refractivity contribution in [3.63, 3.8) is 0 Å². The van der Waals surface area contributed by atoms with Gasteiger partial charge < -0.3 is 15.5 Å². The Balaban J connectivity index is 0. The molecule has 0 aromatic carbocycles. The molecule has 0 spiro atoms. The van der Waals surface area contributed by atoms with Crippen molar-refractivity contribution in [2.45, 2.75) is 45.3 Å². The van der Waals surface area contributed by atoms with Gasteiger partial charge in [-0.25, -0.2) is 0 Å². The number of nitrogens with one attached hydrogen (secondary N) is 2. The third-order valence-corrected chi connectivity index (χ3v) is 3.66. The molecule has 0 bridgehead atoms. The van der Waals surface area contributed by atoms with Gasteiger partial charge >= 0.3 is 6.18 Å². The number of aliphatic imine (C=N–C) groups is 1. The fraction of sp³-hybridized carbons (Fsp3) is 0.929. The molecule has 0 aliphatic carbocycles. The van der Waals surface area contributed by atoms with Gasteiger partial charge in [0.1, 0.15) is 0 Å². The molecule has 8 heteroatoms. The summed E-state index contributed by atoms with van der Waals surface area (Å²) in [6.07, 6.45) is -2.87. The zero-order valence-corrected chi connectivity index (χ0v) is 16.5. The molecule has 0 rings (SSSR count). The van der Waals surface area contributed by atoms with Crippen LogP contribution in [0.15, 0.2) is 4.99 Å². The van der Waals surface area contributed by atoms with Crippen molar-refractivity contribution >= 4 is 29.9 Å². The Labute approximate surface area is 149 Å². The van der Waals surface area contributed by atoms with Crippen LogP contribution in [0.25, 0.3) is 0 Å². The Bertz CT molecular complexity index is 305. The third kappa shape index (κ3) is 10.5. The Morgan fingerprint density at radius 3 is 2.05 bits per heavy atom. The van der Waals surface area contributed by atoms with E-state index < -0.39 is 12.6 Å². The van der Waals surface area contributed by atoms with Gasteiger partial charge in [0, 0.05) is 26.2 Å². The molecule has 0 aliphatic rings. The standard InChI is InChI=1S/C14H29F3N4.HI/c1-6-11(7-2)12(21(4)5)10-20-13(18-3)19-9-8-14(15,16)17;/h11-12H,6-10H2,1-5H3,(H2,18,19,20);1H. The highest BCUT2D eigenvalue weighted by Crippen LogP contribution is 2.18. The third-order valence-electron chi connectivity index (χ3n) is 3.66. The van der Waals surface area contributed by atoms with Gasteiger partial charge in [-0.1, -0.05) is 26.7 Å². The summed E-state index contributed by atoms with van der Waals surface area (Å²) in [5.41, 5.74) is 0. The van der Waals surface area contributed by atoms with Crippen molar-refractivity contribution in [2.75, 3.05) is 34.2 Å². The maximum Gasteiger partial charge on any atom is 0.390 e. The molecule has 0 amide bonds. The fourth-order valence-electron chi connectivity index (χ4n) is 2.35. The monoisotopic (exact) mass is 438 g/mol. The van der Waals surface area contributed by atoms with Crippen LogP contribution in [-0.2, 0) is 0 Å². The molecule has 0 radical (unpaired) electrons. The van der Waals surface area contributed by atoms with Crippen LogP contribution in [0.5, 0.6) is 0 Å². The molecule has 0 heterocycles. The van der Waals surface area contributed by atoms with E-state index in [1.165, 1.54) is 0 Å². The Hall–Kier alpha value is -0.250. The normalized spacial score (nSPS) is 14.0. The van der Waals surface area contributed by atoms with Crippen LogP contribution in [0.3, 0.4) is 0 Å². The molecule has 1 atom stereocenters. The molecule has 0 saturated heterocycles. The van der Waals surface area contributed by atoms with Crippen molar-refractivity contribution in [1.82, 2.24) is 15.5 Å². The summed E-state index contributed by atoms with van der Waals surface area (Å²) in [7, 11) is 5.60. The minimum absolute atomic E-state index is 0. The molecular formula is C14H30F3IN4. The van der Waals surface area contributed by atoms with Gasteiger partial charge in [-0.2, -0.15) is 13.2 Å². The van der Waals surface area contributed by atoms with Crippen LogP contribution in [0, 0.1) is 5.92 Å². The minimum Gasteiger partial charge on any atom is -0.356 e. The molecular weight excluding hydrogens is 408 g/mol. The average molecular weight is 438 g/mol. The molecule has 0 aromatic heterocycles. The lowest BCUT2D eigenvalue weighted by atomic mass is 9.93. The first-order chi connectivity index (χ1) is 9.75. The van der Waals surface area contributed by atoms with Crippen LogP contribution in [0.4, 0.5) is 13.2 Å². The summed E-state index contributed by atoms with van der Waals surface area (Å²) in [5, 5.41) is 5.81. The number of halogens is 4. The predicted octanol–water partition coefficient (Wildman–Crippen LogP) is 3.09. The minimum atomic E-state index is -4.15. The summed E-state index contributed by atoms with van der Waals surface area (Å²) >= 11 is 0. The molecule has 0 fully saturated rings. The lowest BCUT2D eigenvalue weighted by molar-refractivity contribution is -0.132. The van der Waals surface area contributed by atoms with Gasteiger partial charge in [-0.15, -0.1) is 24.0 Å². The highest BCUT2D eigenvalue weighted by atomic mass is 127. The van der Waals surface area contributed by atoms with Crippen LogP contribution in [0.1, 0.15) is 33.1 Å². The first-order valence-corrected chi connectivity index (χ1v) is 7.42. The molecule has 4 nitrogen and oxygen atoms in total. The second kappa shape index (κ2) is 12.2. The van der Waals surface area contributed by atoms with E-state index in [2.05, 4.69) is 34.4 Å². The van der Waals surface area contributed by atoms with Gasteiger partial charge in [-0.05, 0) is 20.0 Å². The lowest BCUT2D eigenvalue weighted by Gasteiger charge is -2.32. The van der Waals surface area contributed by atoms with Gasteiger partial charge in [0.2, 0.25) is 0 Å². The number of nitrogens with zero attached hydrogens (tertiary/aromatic N) is 2. The molecule has 1 unspecified atom stereocenters. The quantitative estimate of drug-likeness (QED) is 0.348. The van der Waals surface area contributed by atoms with Crippen LogP contribution < -0.4 is 10.6 Å². The van der Waals surface area contributed by atoms with Crippen LogP contribution >= 0.6 is 24.0 Å². The first kappa shape index (κ1) is 24.0. The zero-order chi connectivity index (χ0) is 16.5. The molecule has 2 N–H and O–H groups in total. The van der Waals surface area contributed by atoms with E-state index in [1.807, 2.05) is 14.1 Å². The maximum absolute atomic E-state index is 12.1. The summed E-state index contributed by atoms with van der Waals surface area (Å²) in [5.74, 6) is 0.956. The summed E-state index contributed by atoms with van der Waals surface area (Å²) < 4.78 is 36.4. The van der Waals surface area contributed by atoms with E-state index in [4.69, 9.17) is 0 Å². The summed E-state index contributed by atoms with van der Waals surface area (Å²) in [6, 6.07) is 0.321. The van der Waals surface area contributed by atoms with Crippen LogP contribution in [0.2, 0.25) is 0 Å².